The van der Waals surface area contributed by atoms with Gasteiger partial charge in [0.05, 0.1) is 12.1 Å². The Bertz CT molecular complexity index is 1080. The number of carbonyl (C=O) groups is 1. The van der Waals surface area contributed by atoms with E-state index < -0.39 is 11.6 Å². The van der Waals surface area contributed by atoms with Gasteiger partial charge in [-0.1, -0.05) is 55.5 Å². The van der Waals surface area contributed by atoms with Crippen molar-refractivity contribution in [1.82, 2.24) is 15.2 Å². The molecule has 0 saturated carbocycles. The van der Waals surface area contributed by atoms with E-state index in [1.54, 1.807) is 6.07 Å². The van der Waals surface area contributed by atoms with Crippen LogP contribution in [0.1, 0.15) is 39.5 Å². The first-order valence-corrected chi connectivity index (χ1v) is 11.1. The summed E-state index contributed by atoms with van der Waals surface area (Å²) in [4.78, 5) is 18.0. The highest BCUT2D eigenvalue weighted by atomic mass is 16.4. The van der Waals surface area contributed by atoms with E-state index in [9.17, 15) is 9.90 Å². The van der Waals surface area contributed by atoms with Crippen LogP contribution in [0.3, 0.4) is 0 Å². The van der Waals surface area contributed by atoms with E-state index in [1.807, 2.05) is 0 Å². The zero-order valence-electron chi connectivity index (χ0n) is 18.6. The van der Waals surface area contributed by atoms with Gasteiger partial charge in [-0.05, 0) is 54.3 Å². The molecule has 0 aliphatic carbocycles. The van der Waals surface area contributed by atoms with Crippen LogP contribution in [-0.2, 0) is 25.0 Å². The highest BCUT2D eigenvalue weighted by Crippen LogP contribution is 2.33. The molecular weight excluding hydrogens is 400 g/mol. The smallest absolute Gasteiger partial charge is 0.335 e. The van der Waals surface area contributed by atoms with Crippen LogP contribution in [0.5, 0.6) is 0 Å². The molecule has 0 saturated heterocycles. The summed E-state index contributed by atoms with van der Waals surface area (Å²) >= 11 is 0. The minimum Gasteiger partial charge on any atom is -0.478 e. The van der Waals surface area contributed by atoms with E-state index in [1.165, 1.54) is 34.5 Å². The average molecular weight is 431 g/mol. The summed E-state index contributed by atoms with van der Waals surface area (Å²) < 4.78 is 0. The largest absolute Gasteiger partial charge is 0.478 e. The molecule has 0 amide bonds. The van der Waals surface area contributed by atoms with Crippen molar-refractivity contribution >= 4 is 11.8 Å². The van der Waals surface area contributed by atoms with Gasteiger partial charge in [-0.15, -0.1) is 0 Å². The van der Waals surface area contributed by atoms with Crippen molar-refractivity contribution in [2.75, 3.05) is 25.5 Å². The lowest BCUT2D eigenvalue weighted by Gasteiger charge is -2.47. The number of carboxylic acid groups (broad SMARTS) is 1. The molecule has 3 N–H and O–H groups in total. The zero-order chi connectivity index (χ0) is 22.6. The fourth-order valence-electron chi connectivity index (χ4n) is 4.37. The van der Waals surface area contributed by atoms with Crippen molar-refractivity contribution in [3.8, 4) is 0 Å². The van der Waals surface area contributed by atoms with E-state index >= 15 is 0 Å². The number of benzene rings is 2. The SMILES string of the molecule is CCc1ccc(CNC2(CNc3cc(C(=O)O)ccn3)c3ccccc3CCN2C)cc1. The van der Waals surface area contributed by atoms with Crippen molar-refractivity contribution in [2.24, 2.45) is 0 Å². The summed E-state index contributed by atoms with van der Waals surface area (Å²) in [7, 11) is 2.13. The van der Waals surface area contributed by atoms with Crippen LogP contribution in [0.25, 0.3) is 0 Å². The zero-order valence-corrected chi connectivity index (χ0v) is 18.6. The quantitative estimate of drug-likeness (QED) is 0.503. The minimum absolute atomic E-state index is 0.220. The number of aromatic carboxylic acids is 1. The first-order valence-electron chi connectivity index (χ1n) is 11.1. The van der Waals surface area contributed by atoms with Gasteiger partial charge in [-0.25, -0.2) is 9.78 Å². The number of hydrogen-bond acceptors (Lipinski definition) is 5. The first kappa shape index (κ1) is 22.0. The molecule has 0 spiro atoms. The Morgan fingerprint density at radius 1 is 1.12 bits per heavy atom. The average Bonchev–Trinajstić information content (AvgIpc) is 2.83. The van der Waals surface area contributed by atoms with Gasteiger partial charge in [0.15, 0.2) is 0 Å². The van der Waals surface area contributed by atoms with Crippen molar-refractivity contribution in [3.63, 3.8) is 0 Å². The lowest BCUT2D eigenvalue weighted by molar-refractivity contribution is 0.0696. The van der Waals surface area contributed by atoms with Crippen LogP contribution >= 0.6 is 0 Å². The predicted molar refractivity (Wildman–Crippen MR) is 127 cm³/mol. The Kier molecular flexibility index (Phi) is 6.53. The molecule has 2 aromatic carbocycles. The van der Waals surface area contributed by atoms with Gasteiger partial charge < -0.3 is 10.4 Å². The fourth-order valence-corrected chi connectivity index (χ4v) is 4.37. The monoisotopic (exact) mass is 430 g/mol. The van der Waals surface area contributed by atoms with Crippen LogP contribution < -0.4 is 10.6 Å². The van der Waals surface area contributed by atoms with Gasteiger partial charge in [0.1, 0.15) is 11.5 Å². The molecule has 0 bridgehead atoms. The molecule has 4 rings (SSSR count). The molecule has 0 radical (unpaired) electrons. The molecule has 1 unspecified atom stereocenters. The lowest BCUT2D eigenvalue weighted by Crippen LogP contribution is -2.61. The lowest BCUT2D eigenvalue weighted by atomic mass is 9.86. The number of nitrogens with one attached hydrogen (secondary N) is 2. The summed E-state index contributed by atoms with van der Waals surface area (Å²) in [5.74, 6) is -0.409. The number of anilines is 1. The number of carboxylic acids is 1. The second-order valence-electron chi connectivity index (χ2n) is 8.30. The maximum atomic E-state index is 11.4. The van der Waals surface area contributed by atoms with Crippen molar-refractivity contribution in [2.45, 2.75) is 32.0 Å². The van der Waals surface area contributed by atoms with Crippen LogP contribution in [-0.4, -0.2) is 41.1 Å². The van der Waals surface area contributed by atoms with Gasteiger partial charge in [-0.3, -0.25) is 10.2 Å². The van der Waals surface area contributed by atoms with E-state index in [0.29, 0.717) is 18.9 Å². The molecule has 2 heterocycles. The normalized spacial score (nSPS) is 18.2. The molecule has 3 aromatic rings. The minimum atomic E-state index is -0.959. The molecular formula is C26H30N4O2. The van der Waals surface area contributed by atoms with Crippen LogP contribution in [0.15, 0.2) is 66.9 Å². The predicted octanol–water partition coefficient (Wildman–Crippen LogP) is 3.88. The standard InChI is InChI=1S/C26H30N4O2/c1-3-19-8-10-20(11-9-19)17-29-26(18-28-24-16-22(25(31)32)12-14-27-24)23-7-5-4-6-21(23)13-15-30(26)2/h4-12,14,16,29H,3,13,15,17-18H2,1-2H3,(H,27,28)(H,31,32). The summed E-state index contributed by atoms with van der Waals surface area (Å²) in [6.45, 7) is 4.34. The van der Waals surface area contributed by atoms with Crippen molar-refractivity contribution in [3.05, 3.63) is 94.7 Å². The molecule has 1 atom stereocenters. The summed E-state index contributed by atoms with van der Waals surface area (Å²) in [6.07, 6.45) is 3.55. The number of aryl methyl sites for hydroxylation is 1. The molecule has 32 heavy (non-hydrogen) atoms. The second-order valence-corrected chi connectivity index (χ2v) is 8.30. The highest BCUT2D eigenvalue weighted by molar-refractivity contribution is 5.88. The summed E-state index contributed by atoms with van der Waals surface area (Å²) in [5, 5.41) is 16.5. The summed E-state index contributed by atoms with van der Waals surface area (Å²) in [5.41, 5.74) is 4.88. The Hall–Kier alpha value is -3.22. The molecule has 6 heteroatoms. The first-order chi connectivity index (χ1) is 15.5. The van der Waals surface area contributed by atoms with Gasteiger partial charge in [0.25, 0.3) is 0 Å². The van der Waals surface area contributed by atoms with Crippen LogP contribution in [0.4, 0.5) is 5.82 Å². The molecule has 1 aromatic heterocycles. The maximum Gasteiger partial charge on any atom is 0.335 e. The summed E-state index contributed by atoms with van der Waals surface area (Å²) in [6, 6.07) is 20.3. The molecule has 6 nitrogen and oxygen atoms in total. The van der Waals surface area contributed by atoms with Crippen molar-refractivity contribution < 1.29 is 9.90 Å². The Morgan fingerprint density at radius 2 is 1.88 bits per heavy atom. The maximum absolute atomic E-state index is 11.4. The van der Waals surface area contributed by atoms with Gasteiger partial charge >= 0.3 is 5.97 Å². The fraction of sp³-hybridized carbons (Fsp3) is 0.308. The number of likely N-dealkylation sites (N-methyl/N-ethyl adjacent to an activating group) is 1. The van der Waals surface area contributed by atoms with Gasteiger partial charge in [-0.2, -0.15) is 0 Å². The topological polar surface area (TPSA) is 77.5 Å². The van der Waals surface area contributed by atoms with E-state index in [2.05, 4.69) is 83.0 Å². The third-order valence-electron chi connectivity index (χ3n) is 6.38. The van der Waals surface area contributed by atoms with Crippen molar-refractivity contribution in [1.29, 1.82) is 0 Å². The van der Waals surface area contributed by atoms with E-state index in [-0.39, 0.29) is 5.56 Å². The Morgan fingerprint density at radius 3 is 2.62 bits per heavy atom. The number of pyridine rings is 1. The molecule has 1 aliphatic heterocycles. The Balaban J connectivity index is 1.63. The molecule has 166 valence electrons. The third kappa shape index (κ3) is 4.52. The number of aromatic nitrogens is 1. The number of rotatable bonds is 8. The third-order valence-corrected chi connectivity index (χ3v) is 6.38. The highest BCUT2D eigenvalue weighted by Gasteiger charge is 2.40. The van der Waals surface area contributed by atoms with E-state index in [0.717, 1.165) is 19.4 Å². The number of hydrogen-bond donors (Lipinski definition) is 3. The number of nitrogens with zero attached hydrogens (tertiary/aromatic N) is 2. The van der Waals surface area contributed by atoms with Gasteiger partial charge in [0, 0.05) is 19.3 Å². The molecule has 0 fully saturated rings. The molecule has 1 aliphatic rings. The second kappa shape index (κ2) is 9.51. The van der Waals surface area contributed by atoms with Crippen LogP contribution in [0.2, 0.25) is 0 Å². The van der Waals surface area contributed by atoms with Gasteiger partial charge in [0.2, 0.25) is 0 Å². The Labute approximate surface area is 189 Å². The number of fused-ring (bicyclic) bond motifs is 1. The van der Waals surface area contributed by atoms with Crippen LogP contribution in [0, 0.1) is 0 Å². The van der Waals surface area contributed by atoms with E-state index in [4.69, 9.17) is 0 Å².